The molecule has 1 aromatic rings. The maximum Gasteiger partial charge on any atom is 0.0687 e. The van der Waals surface area contributed by atoms with Crippen LogP contribution < -0.4 is 9.62 Å². The molecule has 1 aliphatic rings. The number of hydrogen-bond acceptors (Lipinski definition) is 4. The third-order valence-electron chi connectivity index (χ3n) is 2.75. The van der Waals surface area contributed by atoms with Crippen molar-refractivity contribution < 1.29 is 8.76 Å². The van der Waals surface area contributed by atoms with Crippen molar-refractivity contribution >= 4 is 32.0 Å². The summed E-state index contributed by atoms with van der Waals surface area (Å²) in [5.74, 6) is 0. The van der Waals surface area contributed by atoms with E-state index >= 15 is 0 Å². The van der Waals surface area contributed by atoms with Gasteiger partial charge in [-0.05, 0) is 12.1 Å². The van der Waals surface area contributed by atoms with Gasteiger partial charge in [0.05, 0.1) is 11.4 Å². The Morgan fingerprint density at radius 2 is 1.88 bits per heavy atom. The van der Waals surface area contributed by atoms with Crippen LogP contribution in [-0.4, -0.2) is 39.6 Å². The lowest BCUT2D eigenvalue weighted by atomic mass is 10.2. The first-order valence-electron chi connectivity index (χ1n) is 5.36. The largest absolute Gasteiger partial charge is 0.755 e. The van der Waals surface area contributed by atoms with Crippen LogP contribution in [0, 0.1) is 0 Å². The highest BCUT2D eigenvalue weighted by atomic mass is 32.2. The standard InChI is InChI=1S/C10H16N3O2PS/c14-17(15)11-9-3-1-2-4-10(9)12-5-7-13(16)8-6-12/h1-4,11H,5-8,16H2,(H,14,15)/p-1. The molecule has 0 saturated carbocycles. The minimum Gasteiger partial charge on any atom is -0.755 e. The summed E-state index contributed by atoms with van der Waals surface area (Å²) in [5.41, 5.74) is 1.58. The normalized spacial score (nSPS) is 19.1. The smallest absolute Gasteiger partial charge is 0.0687 e. The summed E-state index contributed by atoms with van der Waals surface area (Å²) in [6.45, 7) is 3.71. The fourth-order valence-electron chi connectivity index (χ4n) is 1.89. The number of piperazine rings is 1. The minimum absolute atomic E-state index is 0.637. The van der Waals surface area contributed by atoms with Crippen LogP contribution in [-0.2, 0) is 11.3 Å². The molecule has 7 heteroatoms. The molecule has 2 rings (SSSR count). The van der Waals surface area contributed by atoms with E-state index in [9.17, 15) is 8.76 Å². The van der Waals surface area contributed by atoms with Gasteiger partial charge < -0.3 is 14.2 Å². The van der Waals surface area contributed by atoms with E-state index in [1.807, 2.05) is 18.2 Å². The van der Waals surface area contributed by atoms with E-state index in [2.05, 4.69) is 23.7 Å². The molecule has 0 aliphatic carbocycles. The second-order valence-corrected chi connectivity index (χ2v) is 5.28. The Morgan fingerprint density at radius 1 is 1.24 bits per heavy atom. The topological polar surface area (TPSA) is 58.6 Å². The van der Waals surface area contributed by atoms with Crippen LogP contribution in [0.15, 0.2) is 24.3 Å². The van der Waals surface area contributed by atoms with E-state index in [4.69, 9.17) is 0 Å². The molecule has 5 nitrogen and oxygen atoms in total. The molecule has 0 radical (unpaired) electrons. The molecule has 2 unspecified atom stereocenters. The zero-order valence-electron chi connectivity index (χ0n) is 9.33. The summed E-state index contributed by atoms with van der Waals surface area (Å²) >= 11 is -2.28. The van der Waals surface area contributed by atoms with Crippen LogP contribution in [0.25, 0.3) is 0 Å². The maximum absolute atomic E-state index is 10.7. The summed E-state index contributed by atoms with van der Waals surface area (Å²) in [6.07, 6.45) is 0. The zero-order valence-corrected chi connectivity index (χ0v) is 11.3. The van der Waals surface area contributed by atoms with Gasteiger partial charge in [-0.25, -0.2) is 0 Å². The van der Waals surface area contributed by atoms with Crippen molar-refractivity contribution in [2.24, 2.45) is 0 Å². The molecular formula is C10H15N3O2PS-. The van der Waals surface area contributed by atoms with Crippen molar-refractivity contribution in [2.75, 3.05) is 35.8 Å². The highest BCUT2D eigenvalue weighted by Gasteiger charge is 2.16. The molecule has 0 aromatic heterocycles. The molecule has 1 saturated heterocycles. The Balaban J connectivity index is 2.16. The fraction of sp³-hybridized carbons (Fsp3) is 0.400. The molecule has 0 amide bonds. The van der Waals surface area contributed by atoms with Gasteiger partial charge in [-0.1, -0.05) is 21.5 Å². The lowest BCUT2D eigenvalue weighted by molar-refractivity contribution is 0.429. The first kappa shape index (κ1) is 12.8. The van der Waals surface area contributed by atoms with Gasteiger partial charge in [0.15, 0.2) is 0 Å². The predicted octanol–water partition coefficient (Wildman–Crippen LogP) is 0.805. The summed E-state index contributed by atoms with van der Waals surface area (Å²) < 4.78 is 26.0. The monoisotopic (exact) mass is 272 g/mol. The third kappa shape index (κ3) is 3.39. The van der Waals surface area contributed by atoms with Gasteiger partial charge in [-0.3, -0.25) is 8.88 Å². The predicted molar refractivity (Wildman–Crippen MR) is 72.5 cm³/mol. The first-order valence-corrected chi connectivity index (χ1v) is 6.95. The van der Waals surface area contributed by atoms with Crippen molar-refractivity contribution in [3.05, 3.63) is 24.3 Å². The Hall–Kier alpha value is -0.680. The molecule has 1 fully saturated rings. The lowest BCUT2D eigenvalue weighted by Crippen LogP contribution is -2.42. The maximum atomic E-state index is 10.7. The van der Waals surface area contributed by atoms with Crippen LogP contribution >= 0.6 is 9.39 Å². The van der Waals surface area contributed by atoms with E-state index in [1.165, 1.54) is 0 Å². The summed E-state index contributed by atoms with van der Waals surface area (Å²) in [7, 11) is 2.69. The van der Waals surface area contributed by atoms with Crippen molar-refractivity contribution in [1.82, 2.24) is 4.67 Å². The molecule has 17 heavy (non-hydrogen) atoms. The van der Waals surface area contributed by atoms with Crippen LogP contribution in [0.3, 0.4) is 0 Å². The zero-order chi connectivity index (χ0) is 12.3. The molecule has 94 valence electrons. The number of nitrogens with one attached hydrogen (secondary N) is 1. The third-order valence-corrected chi connectivity index (χ3v) is 3.66. The van der Waals surface area contributed by atoms with Crippen LogP contribution in [0.5, 0.6) is 0 Å². The Labute approximate surface area is 106 Å². The van der Waals surface area contributed by atoms with E-state index in [-0.39, 0.29) is 0 Å². The van der Waals surface area contributed by atoms with Crippen LogP contribution in [0.2, 0.25) is 0 Å². The van der Waals surface area contributed by atoms with Crippen LogP contribution in [0.1, 0.15) is 0 Å². The Morgan fingerprint density at radius 3 is 2.53 bits per heavy atom. The average molecular weight is 272 g/mol. The molecule has 0 spiro atoms. The second-order valence-electron chi connectivity index (χ2n) is 3.88. The van der Waals surface area contributed by atoms with E-state index in [0.717, 1.165) is 31.9 Å². The molecule has 2 atom stereocenters. The molecule has 0 bridgehead atoms. The van der Waals surface area contributed by atoms with Crippen molar-refractivity contribution in [3.8, 4) is 0 Å². The molecule has 1 aromatic carbocycles. The van der Waals surface area contributed by atoms with Gasteiger partial charge in [0, 0.05) is 37.4 Å². The Bertz CT molecular complexity index is 410. The van der Waals surface area contributed by atoms with Crippen molar-refractivity contribution in [1.29, 1.82) is 0 Å². The summed E-state index contributed by atoms with van der Waals surface area (Å²) in [6, 6.07) is 7.46. The van der Waals surface area contributed by atoms with Gasteiger partial charge in [-0.2, -0.15) is 0 Å². The summed E-state index contributed by atoms with van der Waals surface area (Å²) in [4.78, 5) is 2.19. The molecular weight excluding hydrogens is 257 g/mol. The van der Waals surface area contributed by atoms with E-state index < -0.39 is 11.3 Å². The van der Waals surface area contributed by atoms with Gasteiger partial charge in [0.2, 0.25) is 0 Å². The lowest BCUT2D eigenvalue weighted by Gasteiger charge is -2.35. The Kier molecular flexibility index (Phi) is 4.34. The van der Waals surface area contributed by atoms with Gasteiger partial charge >= 0.3 is 0 Å². The van der Waals surface area contributed by atoms with Gasteiger partial charge in [0.25, 0.3) is 0 Å². The number of hydrogen-bond donors (Lipinski definition) is 1. The number of para-hydroxylation sites is 2. The van der Waals surface area contributed by atoms with Crippen molar-refractivity contribution in [3.63, 3.8) is 0 Å². The number of nitrogens with zero attached hydrogens (tertiary/aromatic N) is 2. The van der Waals surface area contributed by atoms with Crippen molar-refractivity contribution in [2.45, 2.75) is 0 Å². The van der Waals surface area contributed by atoms with Crippen LogP contribution in [0.4, 0.5) is 11.4 Å². The first-order chi connectivity index (χ1) is 8.16. The second kappa shape index (κ2) is 5.78. The molecule has 1 aliphatic heterocycles. The highest BCUT2D eigenvalue weighted by molar-refractivity contribution is 7.80. The summed E-state index contributed by atoms with van der Waals surface area (Å²) in [5, 5.41) is 0. The quantitative estimate of drug-likeness (QED) is 0.653. The fourth-order valence-corrected chi connectivity index (χ4v) is 2.47. The van der Waals surface area contributed by atoms with Gasteiger partial charge in [0.1, 0.15) is 0 Å². The van der Waals surface area contributed by atoms with Gasteiger partial charge in [-0.15, -0.1) is 0 Å². The molecule has 1 heterocycles. The number of rotatable bonds is 3. The van der Waals surface area contributed by atoms with E-state index in [1.54, 1.807) is 6.07 Å². The molecule has 1 N–H and O–H groups in total. The van der Waals surface area contributed by atoms with E-state index in [0.29, 0.717) is 5.69 Å². The highest BCUT2D eigenvalue weighted by Crippen LogP contribution is 2.27. The number of anilines is 2. The minimum atomic E-state index is -2.28. The average Bonchev–Trinajstić information content (AvgIpc) is 2.30. The SMILES string of the molecule is O=S([O-])Nc1ccccc1N1CCN(P)CC1. The number of benzene rings is 1.